The number of benzene rings is 1. The highest BCUT2D eigenvalue weighted by Crippen LogP contribution is 2.37. The van der Waals surface area contributed by atoms with Gasteiger partial charge in [0.1, 0.15) is 23.1 Å². The van der Waals surface area contributed by atoms with Gasteiger partial charge < -0.3 is 15.0 Å². The lowest BCUT2D eigenvalue weighted by molar-refractivity contribution is -0.153. The van der Waals surface area contributed by atoms with E-state index in [9.17, 15) is 18.0 Å². The first-order chi connectivity index (χ1) is 19.9. The molecule has 222 valence electrons. The number of fused-ring (bicyclic) bond motifs is 1. The standard InChI is InChI=1S/C29H29F5N6O2/c1-15(2)23-25(16(3)8-9-36-23)40-27-18(26(38-28(40)41)39-11-10-35-13-17(39)4)12-20(31)24(37-27)22-19(30)6-5-7-21(22)42-14-29(32,33)34/h5-9,12,15,17,35H,10-11,13-14H2,1-4H3/t17-/m0/s1. The summed E-state index contributed by atoms with van der Waals surface area (Å²) in [5.74, 6) is -2.54. The summed E-state index contributed by atoms with van der Waals surface area (Å²) in [6.45, 7) is 7.43. The van der Waals surface area contributed by atoms with E-state index in [-0.39, 0.29) is 28.8 Å². The fourth-order valence-electron chi connectivity index (χ4n) is 5.16. The molecule has 0 spiro atoms. The van der Waals surface area contributed by atoms with Crippen LogP contribution in [-0.4, -0.2) is 58.0 Å². The van der Waals surface area contributed by atoms with E-state index in [1.165, 1.54) is 4.57 Å². The number of alkyl halides is 3. The van der Waals surface area contributed by atoms with Crippen LogP contribution in [0.1, 0.15) is 37.9 Å². The fourth-order valence-corrected chi connectivity index (χ4v) is 5.16. The number of piperazine rings is 1. The second-order valence-electron chi connectivity index (χ2n) is 10.5. The van der Waals surface area contributed by atoms with E-state index in [1.807, 2.05) is 25.7 Å². The van der Waals surface area contributed by atoms with Gasteiger partial charge in [0.15, 0.2) is 18.1 Å². The molecule has 8 nitrogen and oxygen atoms in total. The van der Waals surface area contributed by atoms with Crippen molar-refractivity contribution in [2.45, 2.75) is 45.8 Å². The Morgan fingerprint density at radius 1 is 1.14 bits per heavy atom. The number of aromatic nitrogens is 4. The van der Waals surface area contributed by atoms with E-state index in [2.05, 4.69) is 20.3 Å². The lowest BCUT2D eigenvalue weighted by Gasteiger charge is -2.35. The Balaban J connectivity index is 1.86. The molecule has 0 unspecified atom stereocenters. The van der Waals surface area contributed by atoms with Gasteiger partial charge in [0.25, 0.3) is 0 Å². The zero-order valence-corrected chi connectivity index (χ0v) is 23.4. The van der Waals surface area contributed by atoms with Crippen molar-refractivity contribution >= 4 is 16.9 Å². The van der Waals surface area contributed by atoms with Gasteiger partial charge in [-0.05, 0) is 49.6 Å². The SMILES string of the molecule is Cc1ccnc(C(C)C)c1-n1c(=O)nc(N2CCNC[C@@H]2C)c2cc(F)c(-c3c(F)cccc3OCC(F)(F)F)nc21. The molecule has 3 aromatic heterocycles. The van der Waals surface area contributed by atoms with Gasteiger partial charge in [0, 0.05) is 31.9 Å². The first-order valence-corrected chi connectivity index (χ1v) is 13.4. The molecule has 1 aliphatic heterocycles. The average Bonchev–Trinajstić information content (AvgIpc) is 2.92. The Morgan fingerprint density at radius 3 is 2.60 bits per heavy atom. The van der Waals surface area contributed by atoms with E-state index in [0.717, 1.165) is 24.3 Å². The van der Waals surface area contributed by atoms with Crippen molar-refractivity contribution < 1.29 is 26.7 Å². The molecule has 0 bridgehead atoms. The van der Waals surface area contributed by atoms with Crippen LogP contribution < -0.4 is 20.6 Å². The van der Waals surface area contributed by atoms with Crippen molar-refractivity contribution in [2.75, 3.05) is 31.1 Å². The summed E-state index contributed by atoms with van der Waals surface area (Å²) in [5.41, 5.74) is -0.359. The summed E-state index contributed by atoms with van der Waals surface area (Å²) in [7, 11) is 0. The van der Waals surface area contributed by atoms with Gasteiger partial charge in [0.05, 0.1) is 22.3 Å². The summed E-state index contributed by atoms with van der Waals surface area (Å²) in [6, 6.07) is 5.91. The minimum Gasteiger partial charge on any atom is -0.483 e. The van der Waals surface area contributed by atoms with E-state index in [0.29, 0.717) is 36.6 Å². The van der Waals surface area contributed by atoms with E-state index < -0.39 is 47.1 Å². The molecule has 0 saturated carbocycles. The molecule has 4 aromatic rings. The third-order valence-electron chi connectivity index (χ3n) is 7.10. The first-order valence-electron chi connectivity index (χ1n) is 13.4. The van der Waals surface area contributed by atoms with Crippen LogP contribution in [0.15, 0.2) is 41.3 Å². The van der Waals surface area contributed by atoms with Crippen LogP contribution in [0.2, 0.25) is 0 Å². The molecular weight excluding hydrogens is 559 g/mol. The van der Waals surface area contributed by atoms with E-state index >= 15 is 8.78 Å². The minimum absolute atomic E-state index is 0.0462. The summed E-state index contributed by atoms with van der Waals surface area (Å²) in [6.07, 6.45) is -3.11. The first kappa shape index (κ1) is 29.4. The molecule has 1 aromatic carbocycles. The average molecular weight is 589 g/mol. The Bertz CT molecular complexity index is 1710. The molecule has 0 aliphatic carbocycles. The Morgan fingerprint density at radius 2 is 1.90 bits per heavy atom. The van der Waals surface area contributed by atoms with Gasteiger partial charge in [-0.25, -0.2) is 23.1 Å². The topological polar surface area (TPSA) is 85.2 Å². The molecule has 1 fully saturated rings. The number of aryl methyl sites for hydroxylation is 1. The molecule has 13 heteroatoms. The quantitative estimate of drug-likeness (QED) is 0.307. The van der Waals surface area contributed by atoms with Crippen molar-refractivity contribution in [3.05, 3.63) is 69.9 Å². The Hall–Kier alpha value is -4.13. The highest BCUT2D eigenvalue weighted by Gasteiger charge is 2.31. The molecule has 1 N–H and O–H groups in total. The smallest absolute Gasteiger partial charge is 0.422 e. The number of anilines is 1. The van der Waals surface area contributed by atoms with Gasteiger partial charge in [0.2, 0.25) is 0 Å². The van der Waals surface area contributed by atoms with Crippen LogP contribution in [0, 0.1) is 18.6 Å². The van der Waals surface area contributed by atoms with Crippen LogP contribution in [0.3, 0.4) is 0 Å². The van der Waals surface area contributed by atoms with Crippen LogP contribution >= 0.6 is 0 Å². The molecule has 4 heterocycles. The number of nitrogens with one attached hydrogen (secondary N) is 1. The number of halogens is 5. The number of pyridine rings is 2. The molecule has 1 saturated heterocycles. The number of nitrogens with zero attached hydrogens (tertiary/aromatic N) is 5. The van der Waals surface area contributed by atoms with Crippen molar-refractivity contribution in [1.82, 2.24) is 24.8 Å². The molecule has 0 radical (unpaired) electrons. The van der Waals surface area contributed by atoms with Crippen molar-refractivity contribution in [3.8, 4) is 22.7 Å². The third-order valence-corrected chi connectivity index (χ3v) is 7.10. The second kappa shape index (κ2) is 11.3. The summed E-state index contributed by atoms with van der Waals surface area (Å²) in [4.78, 5) is 29.0. The van der Waals surface area contributed by atoms with Crippen molar-refractivity contribution in [2.24, 2.45) is 0 Å². The molecule has 5 rings (SSSR count). The highest BCUT2D eigenvalue weighted by atomic mass is 19.4. The Labute approximate surface area is 238 Å². The maximum atomic E-state index is 15.9. The molecule has 1 aliphatic rings. The predicted molar refractivity (Wildman–Crippen MR) is 148 cm³/mol. The summed E-state index contributed by atoms with van der Waals surface area (Å²) >= 11 is 0. The van der Waals surface area contributed by atoms with Crippen molar-refractivity contribution in [1.29, 1.82) is 0 Å². The number of ether oxygens (including phenoxy) is 1. The lowest BCUT2D eigenvalue weighted by Crippen LogP contribution is -2.50. The summed E-state index contributed by atoms with van der Waals surface area (Å²) < 4.78 is 76.2. The van der Waals surface area contributed by atoms with E-state index in [1.54, 1.807) is 19.2 Å². The van der Waals surface area contributed by atoms with Gasteiger partial charge in [-0.2, -0.15) is 18.2 Å². The van der Waals surface area contributed by atoms with Crippen LogP contribution in [-0.2, 0) is 0 Å². The number of rotatable bonds is 6. The normalized spacial score (nSPS) is 16.0. The monoisotopic (exact) mass is 588 g/mol. The molecule has 1 atom stereocenters. The fraction of sp³-hybridized carbons (Fsp3) is 0.379. The van der Waals surface area contributed by atoms with Gasteiger partial charge in [-0.1, -0.05) is 19.9 Å². The van der Waals surface area contributed by atoms with E-state index in [4.69, 9.17) is 4.74 Å². The summed E-state index contributed by atoms with van der Waals surface area (Å²) in [5, 5.41) is 3.43. The van der Waals surface area contributed by atoms with Gasteiger partial charge in [-0.3, -0.25) is 4.98 Å². The third kappa shape index (κ3) is 5.52. The largest absolute Gasteiger partial charge is 0.483 e. The molecule has 42 heavy (non-hydrogen) atoms. The zero-order chi connectivity index (χ0) is 30.3. The van der Waals surface area contributed by atoms with Gasteiger partial charge in [-0.15, -0.1) is 0 Å². The minimum atomic E-state index is -4.72. The predicted octanol–water partition coefficient (Wildman–Crippen LogP) is 5.29. The zero-order valence-electron chi connectivity index (χ0n) is 23.4. The van der Waals surface area contributed by atoms with Gasteiger partial charge >= 0.3 is 11.9 Å². The molecule has 0 amide bonds. The maximum Gasteiger partial charge on any atom is 0.422 e. The number of hydrogen-bond donors (Lipinski definition) is 1. The highest BCUT2D eigenvalue weighted by molar-refractivity contribution is 5.91. The maximum absolute atomic E-state index is 15.9. The molecular formula is C29H29F5N6O2. The second-order valence-corrected chi connectivity index (χ2v) is 10.5. The lowest BCUT2D eigenvalue weighted by atomic mass is 10.0. The van der Waals surface area contributed by atoms with Crippen molar-refractivity contribution in [3.63, 3.8) is 0 Å². The number of hydrogen-bond acceptors (Lipinski definition) is 7. The van der Waals surface area contributed by atoms with Crippen LogP contribution in [0.4, 0.5) is 27.8 Å². The van der Waals surface area contributed by atoms with Crippen LogP contribution in [0.25, 0.3) is 28.0 Å². The van der Waals surface area contributed by atoms with Crippen LogP contribution in [0.5, 0.6) is 5.75 Å². The Kier molecular flexibility index (Phi) is 7.88.